The number of halogens is 1. The van der Waals surface area contributed by atoms with E-state index < -0.39 is 5.97 Å². The molecule has 17 heavy (non-hydrogen) atoms. The molecule has 0 aliphatic rings. The minimum absolute atomic E-state index is 0.230. The van der Waals surface area contributed by atoms with Gasteiger partial charge in [0.15, 0.2) is 0 Å². The van der Waals surface area contributed by atoms with Gasteiger partial charge in [0.05, 0.1) is 12.1 Å². The van der Waals surface area contributed by atoms with E-state index in [4.69, 9.17) is 5.11 Å². The van der Waals surface area contributed by atoms with Gasteiger partial charge in [-0.1, -0.05) is 12.1 Å². The zero-order chi connectivity index (χ0) is 12.4. The molecule has 2 aromatic rings. The van der Waals surface area contributed by atoms with Crippen molar-refractivity contribution in [2.45, 2.75) is 6.42 Å². The minimum Gasteiger partial charge on any atom is -0.481 e. The summed E-state index contributed by atoms with van der Waals surface area (Å²) in [7, 11) is 0. The number of rotatable bonds is 3. The fourth-order valence-corrected chi connectivity index (χ4v) is 1.97. The number of nitrogens with zero attached hydrogens (tertiary/aromatic N) is 1. The number of carboxylic acids is 1. The van der Waals surface area contributed by atoms with Gasteiger partial charge < -0.3 is 5.11 Å². The number of hydrogen-bond donors (Lipinski definition) is 2. The molecule has 0 aliphatic heterocycles. The van der Waals surface area contributed by atoms with Gasteiger partial charge in [-0.05, 0) is 28.1 Å². The van der Waals surface area contributed by atoms with Gasteiger partial charge in [-0.15, -0.1) is 0 Å². The number of carboxylic acid groups (broad SMARTS) is 1. The Hall–Kier alpha value is -1.82. The molecule has 0 atom stereocenters. The second-order valence-electron chi connectivity index (χ2n) is 3.46. The van der Waals surface area contributed by atoms with Crippen molar-refractivity contribution in [1.82, 2.24) is 9.78 Å². The highest BCUT2D eigenvalue weighted by Gasteiger charge is 2.12. The van der Waals surface area contributed by atoms with E-state index in [1.807, 2.05) is 6.07 Å². The maximum atomic E-state index is 11.9. The lowest BCUT2D eigenvalue weighted by atomic mass is 10.2. The smallest absolute Gasteiger partial charge is 0.308 e. The monoisotopic (exact) mass is 296 g/mol. The van der Waals surface area contributed by atoms with E-state index in [9.17, 15) is 9.59 Å². The second-order valence-corrected chi connectivity index (χ2v) is 4.32. The zero-order valence-electron chi connectivity index (χ0n) is 8.68. The number of aromatic amines is 1. The van der Waals surface area contributed by atoms with Gasteiger partial charge in [0.1, 0.15) is 0 Å². The Labute approximate surface area is 105 Å². The van der Waals surface area contributed by atoms with E-state index in [0.29, 0.717) is 5.69 Å². The average Bonchev–Trinajstić information content (AvgIpc) is 2.61. The molecule has 0 unspecified atom stereocenters. The third-order valence-electron chi connectivity index (χ3n) is 2.28. The lowest BCUT2D eigenvalue weighted by molar-refractivity contribution is -0.136. The van der Waals surface area contributed by atoms with Crippen LogP contribution in [0.2, 0.25) is 0 Å². The van der Waals surface area contributed by atoms with E-state index >= 15 is 0 Å². The number of carbonyl (C=O) groups is 1. The van der Waals surface area contributed by atoms with Crippen LogP contribution in [0.3, 0.4) is 0 Å². The molecular weight excluding hydrogens is 288 g/mol. The predicted octanol–water partition coefficient (Wildman–Crippen LogP) is 1.56. The maximum absolute atomic E-state index is 11.9. The Morgan fingerprint density at radius 1 is 1.41 bits per heavy atom. The molecule has 0 radical (unpaired) electrons. The molecule has 0 saturated heterocycles. The molecule has 0 amide bonds. The van der Waals surface area contributed by atoms with Crippen LogP contribution in [0, 0.1) is 0 Å². The predicted molar refractivity (Wildman–Crippen MR) is 65.4 cm³/mol. The third-order valence-corrected chi connectivity index (χ3v) is 2.95. The highest BCUT2D eigenvalue weighted by molar-refractivity contribution is 9.10. The molecule has 5 nitrogen and oxygen atoms in total. The van der Waals surface area contributed by atoms with Crippen molar-refractivity contribution in [3.05, 3.63) is 50.9 Å². The third kappa shape index (κ3) is 2.31. The highest BCUT2D eigenvalue weighted by Crippen LogP contribution is 2.18. The van der Waals surface area contributed by atoms with Gasteiger partial charge in [-0.25, -0.2) is 4.68 Å². The second kappa shape index (κ2) is 4.58. The largest absolute Gasteiger partial charge is 0.481 e. The summed E-state index contributed by atoms with van der Waals surface area (Å²) in [6.07, 6.45) is 1.13. The van der Waals surface area contributed by atoms with Crippen molar-refractivity contribution in [3.8, 4) is 5.69 Å². The number of aromatic nitrogens is 2. The minimum atomic E-state index is -1.03. The molecule has 88 valence electrons. The molecule has 0 fully saturated rings. The number of benzene rings is 1. The van der Waals surface area contributed by atoms with E-state index in [2.05, 4.69) is 21.0 Å². The molecule has 0 spiro atoms. The van der Waals surface area contributed by atoms with Gasteiger partial charge in [0, 0.05) is 16.2 Å². The van der Waals surface area contributed by atoms with Crippen LogP contribution < -0.4 is 5.56 Å². The van der Waals surface area contributed by atoms with Crippen molar-refractivity contribution >= 4 is 21.9 Å². The first-order valence-corrected chi connectivity index (χ1v) is 5.65. The Balaban J connectivity index is 2.48. The maximum Gasteiger partial charge on any atom is 0.308 e. The average molecular weight is 297 g/mol. The molecule has 6 heteroatoms. The van der Waals surface area contributed by atoms with Crippen LogP contribution in [-0.2, 0) is 11.2 Å². The molecular formula is C11H9BrN2O3. The van der Waals surface area contributed by atoms with Crippen LogP contribution in [-0.4, -0.2) is 20.9 Å². The number of nitrogens with one attached hydrogen (secondary N) is 1. The SMILES string of the molecule is O=C(O)Cc1c[nH]n(-c2ccccc2Br)c1=O. The zero-order valence-corrected chi connectivity index (χ0v) is 10.3. The summed E-state index contributed by atoms with van der Waals surface area (Å²) < 4.78 is 2.06. The summed E-state index contributed by atoms with van der Waals surface area (Å²) >= 11 is 3.33. The van der Waals surface area contributed by atoms with Gasteiger partial charge in [0.2, 0.25) is 0 Å². The van der Waals surface area contributed by atoms with Gasteiger partial charge in [-0.3, -0.25) is 14.7 Å². The lowest BCUT2D eigenvalue weighted by Crippen LogP contribution is -2.19. The molecule has 0 aliphatic carbocycles. The van der Waals surface area contributed by atoms with Crippen molar-refractivity contribution in [3.63, 3.8) is 0 Å². The molecule has 0 saturated carbocycles. The van der Waals surface area contributed by atoms with Crippen molar-refractivity contribution in [2.75, 3.05) is 0 Å². The summed E-state index contributed by atoms with van der Waals surface area (Å²) in [5, 5.41) is 11.4. The fourth-order valence-electron chi connectivity index (χ4n) is 1.51. The number of aliphatic carboxylic acids is 1. The number of para-hydroxylation sites is 1. The Bertz CT molecular complexity index is 615. The fraction of sp³-hybridized carbons (Fsp3) is 0.0909. The highest BCUT2D eigenvalue weighted by atomic mass is 79.9. The van der Waals surface area contributed by atoms with Crippen LogP contribution >= 0.6 is 15.9 Å². The normalized spacial score (nSPS) is 10.4. The number of H-pyrrole nitrogens is 1. The first-order chi connectivity index (χ1) is 8.09. The molecule has 1 heterocycles. The molecule has 0 bridgehead atoms. The van der Waals surface area contributed by atoms with Crippen molar-refractivity contribution in [1.29, 1.82) is 0 Å². The van der Waals surface area contributed by atoms with E-state index in [1.54, 1.807) is 18.2 Å². The van der Waals surface area contributed by atoms with Crippen molar-refractivity contribution in [2.24, 2.45) is 0 Å². The summed E-state index contributed by atoms with van der Waals surface area (Å²) in [5.41, 5.74) is 0.529. The van der Waals surface area contributed by atoms with E-state index in [-0.39, 0.29) is 17.5 Å². The van der Waals surface area contributed by atoms with Crippen LogP contribution in [0.15, 0.2) is 39.7 Å². The van der Waals surface area contributed by atoms with Gasteiger partial charge in [0.25, 0.3) is 5.56 Å². The van der Waals surface area contributed by atoms with Gasteiger partial charge >= 0.3 is 5.97 Å². The first-order valence-electron chi connectivity index (χ1n) is 4.85. The Morgan fingerprint density at radius 3 is 2.76 bits per heavy atom. The van der Waals surface area contributed by atoms with Crippen LogP contribution in [0.1, 0.15) is 5.56 Å². The topological polar surface area (TPSA) is 75.1 Å². The molecule has 1 aromatic carbocycles. The van der Waals surface area contributed by atoms with Gasteiger partial charge in [-0.2, -0.15) is 0 Å². The molecule has 1 aromatic heterocycles. The first kappa shape index (κ1) is 11.7. The van der Waals surface area contributed by atoms with Crippen LogP contribution in [0.4, 0.5) is 0 Å². The quantitative estimate of drug-likeness (QED) is 0.902. The molecule has 2 N–H and O–H groups in total. The van der Waals surface area contributed by atoms with Crippen molar-refractivity contribution < 1.29 is 9.90 Å². The Kier molecular flexibility index (Phi) is 3.14. The van der Waals surface area contributed by atoms with E-state index in [0.717, 1.165) is 4.47 Å². The van der Waals surface area contributed by atoms with Crippen LogP contribution in [0.25, 0.3) is 5.69 Å². The summed E-state index contributed by atoms with van der Waals surface area (Å²) in [5.74, 6) is -1.03. The number of hydrogen-bond acceptors (Lipinski definition) is 2. The summed E-state index contributed by atoms with van der Waals surface area (Å²) in [4.78, 5) is 22.5. The van der Waals surface area contributed by atoms with E-state index in [1.165, 1.54) is 10.9 Å². The van der Waals surface area contributed by atoms with Crippen LogP contribution in [0.5, 0.6) is 0 Å². The summed E-state index contributed by atoms with van der Waals surface area (Å²) in [6.45, 7) is 0. The standard InChI is InChI=1S/C11H9BrN2O3/c12-8-3-1-2-4-9(8)14-11(17)7(6-13-14)5-10(15)16/h1-4,6,13H,5H2,(H,15,16). The molecule has 2 rings (SSSR count). The lowest BCUT2D eigenvalue weighted by Gasteiger charge is -2.03. The Morgan fingerprint density at radius 2 is 2.12 bits per heavy atom. The summed E-state index contributed by atoms with van der Waals surface area (Å²) in [6, 6.07) is 7.19.